The lowest BCUT2D eigenvalue weighted by molar-refractivity contribution is -0.113. The van der Waals surface area contributed by atoms with E-state index in [2.05, 4.69) is 5.32 Å². The first-order valence-corrected chi connectivity index (χ1v) is 12.5. The van der Waals surface area contributed by atoms with Crippen LogP contribution in [0, 0.1) is 13.8 Å². The minimum absolute atomic E-state index is 0.100. The van der Waals surface area contributed by atoms with Crippen LogP contribution >= 0.6 is 11.8 Å². The fourth-order valence-corrected chi connectivity index (χ4v) is 4.75. The molecule has 182 valence electrons. The van der Waals surface area contributed by atoms with Crippen LogP contribution in [0.25, 0.3) is 22.1 Å². The predicted molar refractivity (Wildman–Crippen MR) is 143 cm³/mol. The molecule has 0 radical (unpaired) electrons. The molecule has 3 aromatic carbocycles. The molecule has 0 bridgehead atoms. The summed E-state index contributed by atoms with van der Waals surface area (Å²) >= 11 is 1.22. The van der Waals surface area contributed by atoms with Gasteiger partial charge in [-0.05, 0) is 66.9 Å². The third-order valence-electron chi connectivity index (χ3n) is 6.07. The minimum Gasteiger partial charge on any atom is -0.497 e. The lowest BCUT2D eigenvalue weighted by Gasteiger charge is -2.12. The van der Waals surface area contributed by atoms with Crippen LogP contribution < -0.4 is 15.6 Å². The molecule has 0 aliphatic rings. The number of methoxy groups -OCH3 is 1. The lowest BCUT2D eigenvalue weighted by Crippen LogP contribution is -2.24. The largest absolute Gasteiger partial charge is 0.497 e. The maximum atomic E-state index is 13.5. The lowest BCUT2D eigenvalue weighted by atomic mass is 10.1. The number of thioether (sulfide) groups is 1. The molecular weight excluding hydrogens is 474 g/mol. The molecule has 0 atom stereocenters. The molecular formula is C28H25N3O4S. The molecule has 0 saturated heterocycles. The first-order chi connectivity index (χ1) is 17.4. The summed E-state index contributed by atoms with van der Waals surface area (Å²) in [6, 6.07) is 20.7. The van der Waals surface area contributed by atoms with E-state index in [1.165, 1.54) is 11.8 Å². The molecule has 0 aliphatic carbocycles. The van der Waals surface area contributed by atoms with Crippen LogP contribution in [-0.4, -0.2) is 28.3 Å². The Bertz CT molecular complexity index is 1640. The van der Waals surface area contributed by atoms with E-state index in [0.717, 1.165) is 33.5 Å². The van der Waals surface area contributed by atoms with Gasteiger partial charge in [0.2, 0.25) is 11.5 Å². The number of hydrogen-bond donors (Lipinski definition) is 1. The van der Waals surface area contributed by atoms with Gasteiger partial charge < -0.3 is 14.5 Å². The van der Waals surface area contributed by atoms with Crippen molar-refractivity contribution in [3.05, 3.63) is 93.8 Å². The summed E-state index contributed by atoms with van der Waals surface area (Å²) in [5.74, 6) is 0.656. The highest BCUT2D eigenvalue weighted by atomic mass is 32.2. The number of carbonyl (C=O) groups excluding carboxylic acids is 1. The number of benzene rings is 3. The van der Waals surface area contributed by atoms with Gasteiger partial charge in [-0.25, -0.2) is 4.98 Å². The number of rotatable bonds is 7. The van der Waals surface area contributed by atoms with Crippen molar-refractivity contribution in [1.29, 1.82) is 0 Å². The zero-order chi connectivity index (χ0) is 25.2. The number of fused-ring (bicyclic) bond motifs is 3. The van der Waals surface area contributed by atoms with Gasteiger partial charge in [0.25, 0.3) is 5.56 Å². The number of para-hydroxylation sites is 1. The van der Waals surface area contributed by atoms with Crippen molar-refractivity contribution in [1.82, 2.24) is 9.55 Å². The van der Waals surface area contributed by atoms with Crippen molar-refractivity contribution < 1.29 is 13.9 Å². The summed E-state index contributed by atoms with van der Waals surface area (Å²) in [4.78, 5) is 31.1. The standard InChI is InChI=1S/C28H25N3O4S/c1-17-8-11-20(14-18(17)2)29-24(32)16-36-28-30-25-22-6-4-5-7-23(22)35-26(25)27(33)31(28)15-19-9-12-21(34-3)13-10-19/h4-14H,15-16H2,1-3H3,(H,29,32). The van der Waals surface area contributed by atoms with Gasteiger partial charge in [-0.3, -0.25) is 14.2 Å². The van der Waals surface area contributed by atoms with Crippen molar-refractivity contribution in [2.45, 2.75) is 25.5 Å². The fourth-order valence-electron chi connectivity index (χ4n) is 3.96. The van der Waals surface area contributed by atoms with E-state index < -0.39 is 0 Å². The number of aryl methyl sites for hydroxylation is 2. The molecule has 1 amide bonds. The van der Waals surface area contributed by atoms with E-state index in [1.807, 2.05) is 80.6 Å². The topological polar surface area (TPSA) is 86.4 Å². The molecule has 0 aliphatic heterocycles. The molecule has 0 saturated carbocycles. The maximum Gasteiger partial charge on any atom is 0.298 e. The van der Waals surface area contributed by atoms with Gasteiger partial charge in [-0.2, -0.15) is 0 Å². The number of furan rings is 1. The monoisotopic (exact) mass is 499 g/mol. The number of aromatic nitrogens is 2. The number of hydrogen-bond acceptors (Lipinski definition) is 6. The molecule has 0 fully saturated rings. The number of nitrogens with one attached hydrogen (secondary N) is 1. The summed E-state index contributed by atoms with van der Waals surface area (Å²) in [5.41, 5.74) is 4.92. The van der Waals surface area contributed by atoms with Gasteiger partial charge >= 0.3 is 0 Å². The Morgan fingerprint density at radius 3 is 2.58 bits per heavy atom. The van der Waals surface area contributed by atoms with E-state index in [-0.39, 0.29) is 29.3 Å². The van der Waals surface area contributed by atoms with Crippen LogP contribution in [0.15, 0.2) is 81.1 Å². The fraction of sp³-hybridized carbons (Fsp3) is 0.179. The molecule has 36 heavy (non-hydrogen) atoms. The smallest absolute Gasteiger partial charge is 0.298 e. The Balaban J connectivity index is 1.48. The number of nitrogens with zero attached hydrogens (tertiary/aromatic N) is 2. The van der Waals surface area contributed by atoms with Gasteiger partial charge in [0, 0.05) is 11.1 Å². The number of carbonyl (C=O) groups is 1. The Labute approximate surface area is 212 Å². The minimum atomic E-state index is -0.288. The summed E-state index contributed by atoms with van der Waals surface area (Å²) < 4.78 is 12.7. The van der Waals surface area contributed by atoms with Crippen molar-refractivity contribution in [3.8, 4) is 5.75 Å². The SMILES string of the molecule is COc1ccc(Cn2c(SCC(=O)Nc3ccc(C)c(C)c3)nc3c(oc4ccccc43)c2=O)cc1. The third-order valence-corrected chi connectivity index (χ3v) is 7.05. The van der Waals surface area contributed by atoms with E-state index in [4.69, 9.17) is 14.1 Å². The molecule has 5 aromatic rings. The first kappa shape index (κ1) is 23.7. The average Bonchev–Trinajstić information content (AvgIpc) is 3.26. The van der Waals surface area contributed by atoms with Crippen LogP contribution in [0.5, 0.6) is 5.75 Å². The van der Waals surface area contributed by atoms with Gasteiger partial charge in [0.1, 0.15) is 16.8 Å². The summed E-state index contributed by atoms with van der Waals surface area (Å²) in [6.07, 6.45) is 0. The molecule has 1 N–H and O–H groups in total. The van der Waals surface area contributed by atoms with E-state index >= 15 is 0 Å². The third kappa shape index (κ3) is 4.72. The maximum absolute atomic E-state index is 13.5. The van der Waals surface area contributed by atoms with E-state index in [9.17, 15) is 9.59 Å². The van der Waals surface area contributed by atoms with Gasteiger partial charge in [-0.1, -0.05) is 42.1 Å². The van der Waals surface area contributed by atoms with Crippen molar-refractivity contribution in [2.75, 3.05) is 18.2 Å². The van der Waals surface area contributed by atoms with Crippen LogP contribution in [0.4, 0.5) is 5.69 Å². The Morgan fingerprint density at radius 2 is 1.83 bits per heavy atom. The highest BCUT2D eigenvalue weighted by molar-refractivity contribution is 7.99. The Kier molecular flexibility index (Phi) is 6.52. The van der Waals surface area contributed by atoms with Crippen molar-refractivity contribution in [2.24, 2.45) is 0 Å². The Hall–Kier alpha value is -4.04. The average molecular weight is 500 g/mol. The summed E-state index contributed by atoms with van der Waals surface area (Å²) in [7, 11) is 1.61. The number of ether oxygens (including phenoxy) is 1. The van der Waals surface area contributed by atoms with Gasteiger partial charge in [0.15, 0.2) is 5.16 Å². The van der Waals surface area contributed by atoms with Crippen LogP contribution in [0.3, 0.4) is 0 Å². The molecule has 8 heteroatoms. The van der Waals surface area contributed by atoms with Crippen LogP contribution in [-0.2, 0) is 11.3 Å². The van der Waals surface area contributed by atoms with Crippen molar-refractivity contribution >= 4 is 45.4 Å². The molecule has 7 nitrogen and oxygen atoms in total. The predicted octanol–water partition coefficient (Wildman–Crippen LogP) is 5.55. The molecule has 0 spiro atoms. The molecule has 2 heterocycles. The summed E-state index contributed by atoms with van der Waals surface area (Å²) in [5, 5.41) is 4.15. The number of amides is 1. The van der Waals surface area contributed by atoms with Crippen molar-refractivity contribution in [3.63, 3.8) is 0 Å². The molecule has 5 rings (SSSR count). The van der Waals surface area contributed by atoms with E-state index in [0.29, 0.717) is 16.3 Å². The van der Waals surface area contributed by atoms with E-state index in [1.54, 1.807) is 11.7 Å². The quantitative estimate of drug-likeness (QED) is 0.234. The highest BCUT2D eigenvalue weighted by Gasteiger charge is 2.19. The Morgan fingerprint density at radius 1 is 1.06 bits per heavy atom. The summed E-state index contributed by atoms with van der Waals surface area (Å²) in [6.45, 7) is 4.32. The zero-order valence-corrected chi connectivity index (χ0v) is 21.0. The van der Waals surface area contributed by atoms with Crippen LogP contribution in [0.1, 0.15) is 16.7 Å². The molecule has 2 aromatic heterocycles. The van der Waals surface area contributed by atoms with Crippen LogP contribution in [0.2, 0.25) is 0 Å². The van der Waals surface area contributed by atoms with Gasteiger partial charge in [0.05, 0.1) is 19.4 Å². The molecule has 0 unspecified atom stereocenters. The zero-order valence-electron chi connectivity index (χ0n) is 20.2. The second kappa shape index (κ2) is 9.91. The second-order valence-electron chi connectivity index (χ2n) is 8.55. The van der Waals surface area contributed by atoms with Gasteiger partial charge in [-0.15, -0.1) is 0 Å². The second-order valence-corrected chi connectivity index (χ2v) is 9.49. The highest BCUT2D eigenvalue weighted by Crippen LogP contribution is 2.28. The first-order valence-electron chi connectivity index (χ1n) is 11.5. The normalized spacial score (nSPS) is 11.2. The number of anilines is 1.